The van der Waals surface area contributed by atoms with E-state index in [4.69, 9.17) is 0 Å². The lowest BCUT2D eigenvalue weighted by Crippen LogP contribution is -2.08. The highest BCUT2D eigenvalue weighted by molar-refractivity contribution is 5.84. The molecule has 20 heavy (non-hydrogen) atoms. The predicted molar refractivity (Wildman–Crippen MR) is 78.8 cm³/mol. The van der Waals surface area contributed by atoms with Gasteiger partial charge in [0.25, 0.3) is 0 Å². The lowest BCUT2D eigenvalue weighted by Gasteiger charge is -2.09. The van der Waals surface area contributed by atoms with Gasteiger partial charge in [0.15, 0.2) is 0 Å². The van der Waals surface area contributed by atoms with Crippen LogP contribution in [0.3, 0.4) is 0 Å². The second-order valence-electron chi connectivity index (χ2n) is 5.04. The molecule has 0 amide bonds. The number of nitrogens with zero attached hydrogens (tertiary/aromatic N) is 3. The molecule has 100 valence electrons. The molecule has 1 aliphatic heterocycles. The van der Waals surface area contributed by atoms with E-state index in [-0.39, 0.29) is 0 Å². The van der Waals surface area contributed by atoms with E-state index in [0.717, 1.165) is 35.8 Å². The van der Waals surface area contributed by atoms with Crippen molar-refractivity contribution in [2.75, 3.05) is 5.32 Å². The van der Waals surface area contributed by atoms with Gasteiger partial charge in [-0.25, -0.2) is 4.98 Å². The Balaban J connectivity index is 1.74. The number of pyridine rings is 1. The molecule has 3 heterocycles. The zero-order valence-corrected chi connectivity index (χ0v) is 11.2. The molecule has 0 bridgehead atoms. The van der Waals surface area contributed by atoms with Crippen molar-refractivity contribution in [2.45, 2.75) is 13.1 Å². The summed E-state index contributed by atoms with van der Waals surface area (Å²) >= 11 is 0. The Labute approximate surface area is 116 Å². The number of nitrogens with one attached hydrogen (secondary N) is 2. The first kappa shape index (κ1) is 11.4. The van der Waals surface area contributed by atoms with Crippen LogP contribution in [0.2, 0.25) is 0 Å². The maximum atomic E-state index is 4.51. The first-order valence-electron chi connectivity index (χ1n) is 6.68. The van der Waals surface area contributed by atoms with Gasteiger partial charge in [-0.1, -0.05) is 24.3 Å². The molecule has 0 saturated heterocycles. The summed E-state index contributed by atoms with van der Waals surface area (Å²) in [5, 5.41) is 13.6. The average molecular weight is 265 g/mol. The SMILES string of the molecule is Cn1nc2c(c1Nc1cc3ccccc3cn1)CNC2. The maximum Gasteiger partial charge on any atom is 0.134 e. The number of benzene rings is 1. The van der Waals surface area contributed by atoms with E-state index in [9.17, 15) is 0 Å². The Morgan fingerprint density at radius 3 is 2.95 bits per heavy atom. The standard InChI is InChI=1S/C15H15N5/c1-20-15(12-8-16-9-13(12)19-20)18-14-6-10-4-2-3-5-11(10)7-17-14/h2-7,16H,8-9H2,1H3,(H,17,18). The van der Waals surface area contributed by atoms with Crippen LogP contribution in [0.15, 0.2) is 36.5 Å². The smallest absolute Gasteiger partial charge is 0.134 e. The third-order valence-electron chi connectivity index (χ3n) is 3.70. The van der Waals surface area contributed by atoms with Gasteiger partial charge in [0, 0.05) is 37.3 Å². The Morgan fingerprint density at radius 1 is 1.20 bits per heavy atom. The fraction of sp³-hybridized carbons (Fsp3) is 0.200. The highest BCUT2D eigenvalue weighted by Gasteiger charge is 2.20. The largest absolute Gasteiger partial charge is 0.325 e. The normalized spacial score (nSPS) is 13.7. The van der Waals surface area contributed by atoms with Gasteiger partial charge in [-0.05, 0) is 11.5 Å². The molecule has 0 unspecified atom stereocenters. The van der Waals surface area contributed by atoms with Crippen LogP contribution >= 0.6 is 0 Å². The van der Waals surface area contributed by atoms with Crippen LogP contribution < -0.4 is 10.6 Å². The van der Waals surface area contributed by atoms with Gasteiger partial charge in [-0.2, -0.15) is 5.10 Å². The molecule has 0 fully saturated rings. The fourth-order valence-electron chi connectivity index (χ4n) is 2.69. The second-order valence-corrected chi connectivity index (χ2v) is 5.04. The average Bonchev–Trinajstić information content (AvgIpc) is 3.02. The maximum absolute atomic E-state index is 4.51. The number of rotatable bonds is 2. The summed E-state index contributed by atoms with van der Waals surface area (Å²) in [5.41, 5.74) is 2.36. The van der Waals surface area contributed by atoms with E-state index >= 15 is 0 Å². The van der Waals surface area contributed by atoms with Gasteiger partial charge in [0.1, 0.15) is 11.6 Å². The van der Waals surface area contributed by atoms with Gasteiger partial charge in [0.2, 0.25) is 0 Å². The van der Waals surface area contributed by atoms with Crippen molar-refractivity contribution in [1.29, 1.82) is 0 Å². The van der Waals surface area contributed by atoms with Crippen molar-refractivity contribution >= 4 is 22.4 Å². The lowest BCUT2D eigenvalue weighted by molar-refractivity contribution is 0.693. The van der Waals surface area contributed by atoms with Crippen molar-refractivity contribution in [2.24, 2.45) is 7.05 Å². The van der Waals surface area contributed by atoms with E-state index in [0.29, 0.717) is 0 Å². The van der Waals surface area contributed by atoms with Crippen LogP contribution in [0.4, 0.5) is 11.6 Å². The molecule has 1 aliphatic rings. The van der Waals surface area contributed by atoms with Crippen LogP contribution in [-0.2, 0) is 20.1 Å². The Kier molecular flexibility index (Phi) is 2.47. The van der Waals surface area contributed by atoms with Crippen molar-refractivity contribution in [3.8, 4) is 0 Å². The number of anilines is 2. The molecule has 0 spiro atoms. The number of aromatic nitrogens is 3. The van der Waals surface area contributed by atoms with Crippen LogP contribution in [0.1, 0.15) is 11.3 Å². The van der Waals surface area contributed by atoms with Gasteiger partial charge in [-0.15, -0.1) is 0 Å². The lowest BCUT2D eigenvalue weighted by atomic mass is 10.2. The second kappa shape index (κ2) is 4.31. The summed E-state index contributed by atoms with van der Waals surface area (Å²) in [6.07, 6.45) is 1.90. The van der Waals surface area contributed by atoms with Crippen LogP contribution in [0, 0.1) is 0 Å². The van der Waals surface area contributed by atoms with Crippen molar-refractivity contribution in [3.05, 3.63) is 47.8 Å². The quantitative estimate of drug-likeness (QED) is 0.746. The minimum Gasteiger partial charge on any atom is -0.325 e. The molecule has 0 atom stereocenters. The molecule has 0 saturated carbocycles. The van der Waals surface area contributed by atoms with E-state index in [1.807, 2.05) is 30.1 Å². The first-order chi connectivity index (χ1) is 9.81. The molecular formula is C15H15N5. The third-order valence-corrected chi connectivity index (χ3v) is 3.70. The summed E-state index contributed by atoms with van der Waals surface area (Å²) < 4.78 is 1.89. The van der Waals surface area contributed by atoms with Gasteiger partial charge in [0.05, 0.1) is 5.69 Å². The zero-order valence-electron chi connectivity index (χ0n) is 11.2. The summed E-state index contributed by atoms with van der Waals surface area (Å²) in [4.78, 5) is 4.48. The molecule has 5 nitrogen and oxygen atoms in total. The zero-order chi connectivity index (χ0) is 13.5. The highest BCUT2D eigenvalue weighted by atomic mass is 15.3. The summed E-state index contributed by atoms with van der Waals surface area (Å²) in [7, 11) is 1.96. The monoisotopic (exact) mass is 265 g/mol. The van der Waals surface area contributed by atoms with E-state index in [1.165, 1.54) is 10.9 Å². The third kappa shape index (κ3) is 1.75. The van der Waals surface area contributed by atoms with Crippen molar-refractivity contribution in [1.82, 2.24) is 20.1 Å². The molecule has 4 rings (SSSR count). The molecule has 2 aromatic heterocycles. The molecule has 5 heteroatoms. The number of fused-ring (bicyclic) bond motifs is 2. The Bertz CT molecular complexity index is 790. The van der Waals surface area contributed by atoms with Gasteiger partial charge < -0.3 is 10.6 Å². The summed E-state index contributed by atoms with van der Waals surface area (Å²) in [6.45, 7) is 1.70. The van der Waals surface area contributed by atoms with Crippen molar-refractivity contribution in [3.63, 3.8) is 0 Å². The molecular weight excluding hydrogens is 250 g/mol. The minimum absolute atomic E-state index is 0.843. The molecule has 0 radical (unpaired) electrons. The van der Waals surface area contributed by atoms with E-state index in [1.54, 1.807) is 0 Å². The molecule has 3 aromatic rings. The number of aryl methyl sites for hydroxylation is 1. The summed E-state index contributed by atoms with van der Waals surface area (Å²) in [6, 6.07) is 10.3. The number of hydrogen-bond donors (Lipinski definition) is 2. The molecule has 2 N–H and O–H groups in total. The molecule has 1 aromatic carbocycles. The van der Waals surface area contributed by atoms with Crippen LogP contribution in [-0.4, -0.2) is 14.8 Å². The van der Waals surface area contributed by atoms with E-state index in [2.05, 4.69) is 38.9 Å². The van der Waals surface area contributed by atoms with Crippen molar-refractivity contribution < 1.29 is 0 Å². The highest BCUT2D eigenvalue weighted by Crippen LogP contribution is 2.26. The Hall–Kier alpha value is -2.40. The molecule has 0 aliphatic carbocycles. The summed E-state index contributed by atoms with van der Waals surface area (Å²) in [5.74, 6) is 1.87. The fourth-order valence-corrected chi connectivity index (χ4v) is 2.69. The van der Waals surface area contributed by atoms with Crippen LogP contribution in [0.5, 0.6) is 0 Å². The van der Waals surface area contributed by atoms with Crippen LogP contribution in [0.25, 0.3) is 10.8 Å². The van der Waals surface area contributed by atoms with Gasteiger partial charge in [-0.3, -0.25) is 4.68 Å². The topological polar surface area (TPSA) is 54.8 Å². The predicted octanol–water partition coefficient (Wildman–Crippen LogP) is 2.32. The minimum atomic E-state index is 0.843. The number of hydrogen-bond acceptors (Lipinski definition) is 4. The van der Waals surface area contributed by atoms with Gasteiger partial charge >= 0.3 is 0 Å². The Morgan fingerprint density at radius 2 is 2.05 bits per heavy atom. The van der Waals surface area contributed by atoms with E-state index < -0.39 is 0 Å². The first-order valence-corrected chi connectivity index (χ1v) is 6.68.